The second kappa shape index (κ2) is 13.0. The number of ether oxygens (including phenoxy) is 2. The van der Waals surface area contributed by atoms with Crippen LogP contribution in [0.5, 0.6) is 11.8 Å². The van der Waals surface area contributed by atoms with Gasteiger partial charge in [-0.05, 0) is 61.7 Å². The quantitative estimate of drug-likeness (QED) is 0.496. The highest BCUT2D eigenvalue weighted by molar-refractivity contribution is 5.76. The van der Waals surface area contributed by atoms with E-state index in [4.69, 9.17) is 14.0 Å². The third-order valence-corrected chi connectivity index (χ3v) is 7.17. The molecule has 198 valence electrons. The Morgan fingerprint density at radius 2 is 2.00 bits per heavy atom. The number of aromatic nitrogens is 2. The van der Waals surface area contributed by atoms with Gasteiger partial charge in [0.2, 0.25) is 11.8 Å². The van der Waals surface area contributed by atoms with Crippen molar-refractivity contribution in [3.63, 3.8) is 0 Å². The van der Waals surface area contributed by atoms with E-state index in [0.29, 0.717) is 30.4 Å². The van der Waals surface area contributed by atoms with Crippen molar-refractivity contribution in [3.8, 4) is 11.8 Å². The number of aryl methyl sites for hydroxylation is 1. The summed E-state index contributed by atoms with van der Waals surface area (Å²) in [7, 11) is 1.53. The number of amides is 1. The first-order valence-electron chi connectivity index (χ1n) is 12.9. The van der Waals surface area contributed by atoms with Gasteiger partial charge in [0.1, 0.15) is 5.76 Å². The lowest BCUT2D eigenvalue weighted by Gasteiger charge is -2.30. The number of alkyl halides is 2. The van der Waals surface area contributed by atoms with Crippen LogP contribution in [0, 0.1) is 5.92 Å². The maximum Gasteiger partial charge on any atom is 0.272 e. The third-order valence-electron chi connectivity index (χ3n) is 7.17. The molecule has 0 spiro atoms. The fourth-order valence-electron chi connectivity index (χ4n) is 5.07. The molecule has 0 saturated heterocycles. The lowest BCUT2D eigenvalue weighted by molar-refractivity contribution is -0.122. The van der Waals surface area contributed by atoms with Crippen molar-refractivity contribution < 1.29 is 27.6 Å². The Bertz CT molecular complexity index is 979. The van der Waals surface area contributed by atoms with Gasteiger partial charge in [-0.25, -0.2) is 13.8 Å². The van der Waals surface area contributed by atoms with Crippen LogP contribution in [0.25, 0.3) is 0 Å². The van der Waals surface area contributed by atoms with Crippen LogP contribution in [-0.4, -0.2) is 66.8 Å². The summed E-state index contributed by atoms with van der Waals surface area (Å²) in [6, 6.07) is 5.61. The minimum absolute atomic E-state index is 0.0503. The SMILES string of the molecule is COc1cc(CCC(=O)NC2CCC(CCN3CCc4ccc(OCC(F)F)nc4CC3)CC2)on1. The molecule has 10 heteroatoms. The van der Waals surface area contributed by atoms with Crippen molar-refractivity contribution in [2.45, 2.75) is 70.3 Å². The minimum Gasteiger partial charge on any atom is -0.479 e. The third kappa shape index (κ3) is 7.88. The molecule has 0 radical (unpaired) electrons. The number of hydrogen-bond acceptors (Lipinski definition) is 7. The zero-order valence-corrected chi connectivity index (χ0v) is 20.9. The molecule has 0 bridgehead atoms. The highest BCUT2D eigenvalue weighted by Gasteiger charge is 2.24. The Kier molecular flexibility index (Phi) is 9.49. The van der Waals surface area contributed by atoms with Crippen LogP contribution in [-0.2, 0) is 24.1 Å². The summed E-state index contributed by atoms with van der Waals surface area (Å²) >= 11 is 0. The van der Waals surface area contributed by atoms with Crippen LogP contribution in [0.3, 0.4) is 0 Å². The normalized spacial score (nSPS) is 20.6. The van der Waals surface area contributed by atoms with Crippen LogP contribution in [0.2, 0.25) is 0 Å². The van der Waals surface area contributed by atoms with Crippen molar-refractivity contribution in [2.75, 3.05) is 33.4 Å². The van der Waals surface area contributed by atoms with Crippen molar-refractivity contribution in [1.82, 2.24) is 20.4 Å². The summed E-state index contributed by atoms with van der Waals surface area (Å²) in [6.45, 7) is 2.32. The first-order chi connectivity index (χ1) is 17.5. The van der Waals surface area contributed by atoms with Crippen molar-refractivity contribution in [2.24, 2.45) is 5.92 Å². The highest BCUT2D eigenvalue weighted by atomic mass is 19.3. The Morgan fingerprint density at radius 3 is 2.75 bits per heavy atom. The molecule has 36 heavy (non-hydrogen) atoms. The molecular formula is C26H36F2N4O4. The molecule has 1 amide bonds. The Hall–Kier alpha value is -2.75. The predicted molar refractivity (Wildman–Crippen MR) is 129 cm³/mol. The van der Waals surface area contributed by atoms with Crippen LogP contribution in [0.4, 0.5) is 8.78 Å². The molecule has 1 aliphatic carbocycles. The van der Waals surface area contributed by atoms with Crippen LogP contribution in [0.15, 0.2) is 22.7 Å². The second-order valence-corrected chi connectivity index (χ2v) is 9.71. The van der Waals surface area contributed by atoms with Gasteiger partial charge in [0.25, 0.3) is 12.3 Å². The standard InChI is InChI=1S/C26H36F2N4O4/c1-34-26-16-21(36-31-26)7-8-24(33)29-20-5-2-18(3-6-20)10-13-32-14-11-19-4-9-25(35-17-23(27)28)30-22(19)12-15-32/h4,9,16,18,20,23H,2-3,5-8,10-15,17H2,1H3,(H,29,33). The number of carbonyl (C=O) groups excluding carboxylic acids is 1. The summed E-state index contributed by atoms with van der Waals surface area (Å²) in [5, 5.41) is 6.93. The number of hydrogen-bond donors (Lipinski definition) is 1. The lowest BCUT2D eigenvalue weighted by atomic mass is 9.84. The van der Waals surface area contributed by atoms with Crippen molar-refractivity contribution >= 4 is 5.91 Å². The molecular weight excluding hydrogens is 470 g/mol. The smallest absolute Gasteiger partial charge is 0.272 e. The molecule has 4 rings (SSSR count). The van der Waals surface area contributed by atoms with E-state index in [1.165, 1.54) is 12.7 Å². The molecule has 0 unspecified atom stereocenters. The van der Waals surface area contributed by atoms with Gasteiger partial charge in [-0.3, -0.25) is 4.79 Å². The maximum absolute atomic E-state index is 12.4. The lowest BCUT2D eigenvalue weighted by Crippen LogP contribution is -2.38. The Balaban J connectivity index is 1.12. The molecule has 3 heterocycles. The first-order valence-corrected chi connectivity index (χ1v) is 12.9. The average molecular weight is 507 g/mol. The number of pyridine rings is 1. The minimum atomic E-state index is -2.50. The molecule has 2 aromatic heterocycles. The van der Waals surface area contributed by atoms with Gasteiger partial charge in [0.15, 0.2) is 6.61 Å². The highest BCUT2D eigenvalue weighted by Crippen LogP contribution is 2.28. The summed E-state index contributed by atoms with van der Waals surface area (Å²) in [5.41, 5.74) is 2.14. The average Bonchev–Trinajstić information content (AvgIpc) is 3.25. The summed E-state index contributed by atoms with van der Waals surface area (Å²) < 4.78 is 40.0. The van der Waals surface area contributed by atoms with Gasteiger partial charge in [0, 0.05) is 56.2 Å². The Morgan fingerprint density at radius 1 is 1.19 bits per heavy atom. The molecule has 0 atom stereocenters. The Labute approximate surface area is 210 Å². The summed E-state index contributed by atoms with van der Waals surface area (Å²) in [5.74, 6) is 2.09. The number of methoxy groups -OCH3 is 1. The van der Waals surface area contributed by atoms with E-state index in [1.807, 2.05) is 6.07 Å². The maximum atomic E-state index is 12.4. The zero-order chi connectivity index (χ0) is 25.3. The van der Waals surface area contributed by atoms with E-state index in [0.717, 1.165) is 70.3 Å². The number of fused-ring (bicyclic) bond motifs is 1. The van der Waals surface area contributed by atoms with Crippen LogP contribution in [0.1, 0.15) is 55.5 Å². The molecule has 1 fully saturated rings. The zero-order valence-electron chi connectivity index (χ0n) is 20.9. The van der Waals surface area contributed by atoms with Gasteiger partial charge in [-0.15, -0.1) is 0 Å². The fourth-order valence-corrected chi connectivity index (χ4v) is 5.07. The summed E-state index contributed by atoms with van der Waals surface area (Å²) in [6.07, 6.45) is 5.56. The van der Waals surface area contributed by atoms with Crippen LogP contribution >= 0.6 is 0 Å². The van der Waals surface area contributed by atoms with Crippen LogP contribution < -0.4 is 14.8 Å². The van der Waals surface area contributed by atoms with Gasteiger partial charge in [-0.2, -0.15) is 0 Å². The number of rotatable bonds is 11. The van der Waals surface area contributed by atoms with Gasteiger partial charge in [-0.1, -0.05) is 6.07 Å². The molecule has 2 aliphatic rings. The molecule has 1 saturated carbocycles. The molecule has 1 aliphatic heterocycles. The molecule has 8 nitrogen and oxygen atoms in total. The van der Waals surface area contributed by atoms with E-state index in [2.05, 4.69) is 20.4 Å². The number of halogens is 2. The summed E-state index contributed by atoms with van der Waals surface area (Å²) in [4.78, 5) is 19.3. The molecule has 2 aromatic rings. The number of nitrogens with one attached hydrogen (secondary N) is 1. The van der Waals surface area contributed by atoms with Gasteiger partial charge in [0.05, 0.1) is 7.11 Å². The van der Waals surface area contributed by atoms with E-state index < -0.39 is 13.0 Å². The van der Waals surface area contributed by atoms with E-state index in [9.17, 15) is 13.6 Å². The van der Waals surface area contributed by atoms with Gasteiger partial charge < -0.3 is 24.2 Å². The van der Waals surface area contributed by atoms with E-state index in [-0.39, 0.29) is 17.8 Å². The van der Waals surface area contributed by atoms with Gasteiger partial charge >= 0.3 is 0 Å². The van der Waals surface area contributed by atoms with E-state index in [1.54, 1.807) is 12.1 Å². The monoisotopic (exact) mass is 506 g/mol. The topological polar surface area (TPSA) is 89.7 Å². The first kappa shape index (κ1) is 26.3. The molecule has 1 N–H and O–H groups in total. The van der Waals surface area contributed by atoms with Crippen molar-refractivity contribution in [3.05, 3.63) is 35.2 Å². The van der Waals surface area contributed by atoms with E-state index >= 15 is 0 Å². The van der Waals surface area contributed by atoms with Crippen molar-refractivity contribution in [1.29, 1.82) is 0 Å². The number of nitrogens with zero attached hydrogens (tertiary/aromatic N) is 3. The molecule has 0 aromatic carbocycles. The second-order valence-electron chi connectivity index (χ2n) is 9.71. The predicted octanol–water partition coefficient (Wildman–Crippen LogP) is 3.82. The number of carbonyl (C=O) groups is 1. The largest absolute Gasteiger partial charge is 0.479 e. The fraction of sp³-hybridized carbons (Fsp3) is 0.654.